The van der Waals surface area contributed by atoms with Crippen LogP contribution >= 0.6 is 11.6 Å². The summed E-state index contributed by atoms with van der Waals surface area (Å²) in [5.74, 6) is -0.478. The second-order valence-corrected chi connectivity index (χ2v) is 6.79. The van der Waals surface area contributed by atoms with E-state index in [1.54, 1.807) is 0 Å². The predicted octanol–water partition coefficient (Wildman–Crippen LogP) is 4.62. The third kappa shape index (κ3) is 3.82. The van der Waals surface area contributed by atoms with Crippen LogP contribution in [-0.4, -0.2) is 10.8 Å². The van der Waals surface area contributed by atoms with Crippen LogP contribution in [0.4, 0.5) is 5.69 Å². The maximum atomic E-state index is 12.5. The second kappa shape index (κ2) is 7.23. The Balaban J connectivity index is 1.80. The Morgan fingerprint density at radius 2 is 1.88 bits per heavy atom. The van der Waals surface area contributed by atoms with Crippen LogP contribution in [-0.2, 0) is 12.8 Å². The minimum Gasteiger partial charge on any atom is -0.345 e. The molecular weight excluding hydrogens is 340 g/mol. The Kier molecular flexibility index (Phi) is 5.04. The molecule has 1 N–H and O–H groups in total. The number of hydrogen-bond donors (Lipinski definition) is 1. The number of rotatable bonds is 4. The lowest BCUT2D eigenvalue weighted by Gasteiger charge is -2.20. The third-order valence-corrected chi connectivity index (χ3v) is 4.86. The first-order valence-electron chi connectivity index (χ1n) is 8.32. The molecule has 0 aromatic heterocycles. The van der Waals surface area contributed by atoms with Crippen molar-refractivity contribution in [2.75, 3.05) is 0 Å². The lowest BCUT2D eigenvalue weighted by atomic mass is 9.89. The van der Waals surface area contributed by atoms with Crippen LogP contribution in [0.15, 0.2) is 36.4 Å². The monoisotopic (exact) mass is 358 g/mol. The molecule has 1 amide bonds. The van der Waals surface area contributed by atoms with Crippen LogP contribution in [0.3, 0.4) is 0 Å². The van der Waals surface area contributed by atoms with Crippen molar-refractivity contribution in [1.82, 2.24) is 5.32 Å². The number of benzene rings is 2. The first-order valence-corrected chi connectivity index (χ1v) is 8.70. The summed E-state index contributed by atoms with van der Waals surface area (Å²) in [5.41, 5.74) is 3.44. The Morgan fingerprint density at radius 1 is 1.16 bits per heavy atom. The average Bonchev–Trinajstić information content (AvgIpc) is 2.61. The molecule has 130 valence electrons. The van der Waals surface area contributed by atoms with E-state index in [1.807, 2.05) is 13.0 Å². The number of carbonyl (C=O) groups excluding carboxylic acids is 1. The van der Waals surface area contributed by atoms with Gasteiger partial charge in [-0.15, -0.1) is 0 Å². The van der Waals surface area contributed by atoms with Gasteiger partial charge in [-0.2, -0.15) is 0 Å². The van der Waals surface area contributed by atoms with E-state index in [1.165, 1.54) is 42.2 Å². The summed E-state index contributed by atoms with van der Waals surface area (Å²) in [6, 6.07) is 10.1. The number of carbonyl (C=O) groups is 1. The molecule has 25 heavy (non-hydrogen) atoms. The lowest BCUT2D eigenvalue weighted by Crippen LogP contribution is -2.27. The summed E-state index contributed by atoms with van der Waals surface area (Å²) in [6.45, 7) is 1.88. The molecule has 0 bridgehead atoms. The molecule has 1 aliphatic carbocycles. The molecule has 3 rings (SSSR count). The van der Waals surface area contributed by atoms with E-state index in [-0.39, 0.29) is 22.3 Å². The largest absolute Gasteiger partial charge is 0.345 e. The maximum Gasteiger partial charge on any atom is 0.283 e. The van der Waals surface area contributed by atoms with Crippen molar-refractivity contribution in [3.63, 3.8) is 0 Å². The standard InChI is InChI=1S/C19H19ClN2O3/c1-12(14-7-6-13-4-2-3-5-15(13)10-14)21-19(23)17-9-8-16(20)11-18(17)22(24)25/h6-12H,2-5H2,1H3,(H,21,23)/t12-/m1/s1. The van der Waals surface area contributed by atoms with Gasteiger partial charge in [-0.1, -0.05) is 29.8 Å². The highest BCUT2D eigenvalue weighted by atomic mass is 35.5. The highest BCUT2D eigenvalue weighted by molar-refractivity contribution is 6.31. The molecule has 5 nitrogen and oxygen atoms in total. The van der Waals surface area contributed by atoms with Gasteiger partial charge in [-0.05, 0) is 61.4 Å². The van der Waals surface area contributed by atoms with Crippen molar-refractivity contribution in [1.29, 1.82) is 0 Å². The zero-order valence-electron chi connectivity index (χ0n) is 13.9. The highest BCUT2D eigenvalue weighted by Gasteiger charge is 2.22. The van der Waals surface area contributed by atoms with E-state index in [4.69, 9.17) is 11.6 Å². The third-order valence-electron chi connectivity index (χ3n) is 4.62. The van der Waals surface area contributed by atoms with Gasteiger partial charge in [-0.3, -0.25) is 14.9 Å². The lowest BCUT2D eigenvalue weighted by molar-refractivity contribution is -0.385. The van der Waals surface area contributed by atoms with Gasteiger partial charge in [0.25, 0.3) is 11.6 Å². The fourth-order valence-corrected chi connectivity index (χ4v) is 3.39. The van der Waals surface area contributed by atoms with Crippen LogP contribution in [0.25, 0.3) is 0 Å². The van der Waals surface area contributed by atoms with Crippen LogP contribution in [0.1, 0.15) is 52.9 Å². The number of fused-ring (bicyclic) bond motifs is 1. The summed E-state index contributed by atoms with van der Waals surface area (Å²) in [4.78, 5) is 23.1. The van der Waals surface area contributed by atoms with E-state index in [0.717, 1.165) is 18.4 Å². The Morgan fingerprint density at radius 3 is 2.60 bits per heavy atom. The number of nitro benzene ring substituents is 1. The summed E-state index contributed by atoms with van der Waals surface area (Å²) >= 11 is 5.80. The average molecular weight is 359 g/mol. The summed E-state index contributed by atoms with van der Waals surface area (Å²) in [7, 11) is 0. The number of aryl methyl sites for hydroxylation is 2. The molecule has 0 aliphatic heterocycles. The first-order chi connectivity index (χ1) is 12.0. The number of nitrogens with zero attached hydrogens (tertiary/aromatic N) is 1. The zero-order chi connectivity index (χ0) is 18.0. The fraction of sp³-hybridized carbons (Fsp3) is 0.316. The van der Waals surface area contributed by atoms with Crippen LogP contribution in [0, 0.1) is 10.1 Å². The minimum absolute atomic E-state index is 0.0132. The number of nitro groups is 1. The van der Waals surface area contributed by atoms with E-state index < -0.39 is 10.8 Å². The molecule has 0 fully saturated rings. The van der Waals surface area contributed by atoms with Gasteiger partial charge in [0.15, 0.2) is 0 Å². The molecule has 0 spiro atoms. The van der Waals surface area contributed by atoms with Crippen molar-refractivity contribution in [3.8, 4) is 0 Å². The predicted molar refractivity (Wildman–Crippen MR) is 97.1 cm³/mol. The molecule has 0 heterocycles. The van der Waals surface area contributed by atoms with Crippen molar-refractivity contribution in [2.24, 2.45) is 0 Å². The number of hydrogen-bond acceptors (Lipinski definition) is 3. The molecule has 0 saturated heterocycles. The summed E-state index contributed by atoms with van der Waals surface area (Å²) in [5, 5.41) is 14.2. The van der Waals surface area contributed by atoms with Gasteiger partial charge in [-0.25, -0.2) is 0 Å². The van der Waals surface area contributed by atoms with Crippen molar-refractivity contribution in [3.05, 3.63) is 73.8 Å². The van der Waals surface area contributed by atoms with Gasteiger partial charge >= 0.3 is 0 Å². The first kappa shape index (κ1) is 17.4. The van der Waals surface area contributed by atoms with Crippen LogP contribution in [0.2, 0.25) is 5.02 Å². The summed E-state index contributed by atoms with van der Waals surface area (Å²) in [6.07, 6.45) is 4.58. The molecule has 1 aliphatic rings. The normalized spacial score (nSPS) is 14.5. The second-order valence-electron chi connectivity index (χ2n) is 6.35. The number of amides is 1. The van der Waals surface area contributed by atoms with E-state index in [2.05, 4.69) is 17.4 Å². The van der Waals surface area contributed by atoms with E-state index >= 15 is 0 Å². The molecule has 6 heteroatoms. The Hall–Kier alpha value is -2.40. The summed E-state index contributed by atoms with van der Waals surface area (Å²) < 4.78 is 0. The van der Waals surface area contributed by atoms with E-state index in [9.17, 15) is 14.9 Å². The molecule has 0 radical (unpaired) electrons. The molecule has 0 unspecified atom stereocenters. The molecule has 2 aromatic carbocycles. The Bertz CT molecular complexity index is 835. The number of nitrogens with one attached hydrogen (secondary N) is 1. The van der Waals surface area contributed by atoms with Gasteiger partial charge in [0.05, 0.1) is 11.0 Å². The van der Waals surface area contributed by atoms with Gasteiger partial charge < -0.3 is 5.32 Å². The van der Waals surface area contributed by atoms with E-state index in [0.29, 0.717) is 0 Å². The number of halogens is 1. The minimum atomic E-state index is -0.593. The molecule has 0 saturated carbocycles. The molecular formula is C19H19ClN2O3. The van der Waals surface area contributed by atoms with Crippen LogP contribution in [0.5, 0.6) is 0 Å². The molecule has 1 atom stereocenters. The van der Waals surface area contributed by atoms with Gasteiger partial charge in [0, 0.05) is 11.1 Å². The smallest absolute Gasteiger partial charge is 0.283 e. The molecule has 2 aromatic rings. The van der Waals surface area contributed by atoms with Crippen LogP contribution < -0.4 is 5.32 Å². The maximum absolute atomic E-state index is 12.5. The fourth-order valence-electron chi connectivity index (χ4n) is 3.23. The van der Waals surface area contributed by atoms with Gasteiger partial charge in [0.2, 0.25) is 0 Å². The van der Waals surface area contributed by atoms with Gasteiger partial charge in [0.1, 0.15) is 5.56 Å². The highest BCUT2D eigenvalue weighted by Crippen LogP contribution is 2.26. The SMILES string of the molecule is C[C@@H](NC(=O)c1ccc(Cl)cc1[N+](=O)[O-])c1ccc2c(c1)CCCC2. The van der Waals surface area contributed by atoms with Crippen molar-refractivity contribution >= 4 is 23.2 Å². The topological polar surface area (TPSA) is 72.2 Å². The van der Waals surface area contributed by atoms with Crippen molar-refractivity contribution < 1.29 is 9.72 Å². The zero-order valence-corrected chi connectivity index (χ0v) is 14.7. The van der Waals surface area contributed by atoms with Crippen molar-refractivity contribution in [2.45, 2.75) is 38.6 Å². The quantitative estimate of drug-likeness (QED) is 0.640. The Labute approximate surface area is 151 Å².